The van der Waals surface area contributed by atoms with Gasteiger partial charge in [0.25, 0.3) is 11.9 Å². The minimum absolute atomic E-state index is 0.0282. The first-order valence-electron chi connectivity index (χ1n) is 8.81. The van der Waals surface area contributed by atoms with Crippen molar-refractivity contribution in [3.63, 3.8) is 0 Å². The Balaban J connectivity index is 1.74. The molecular formula is C16H19N9O5. The number of carbonyl (C=O) groups is 1. The molecule has 30 heavy (non-hydrogen) atoms. The van der Waals surface area contributed by atoms with Crippen LogP contribution >= 0.6 is 0 Å². The molecule has 1 aliphatic heterocycles. The number of fused-ring (bicyclic) bond motifs is 1. The zero-order valence-corrected chi connectivity index (χ0v) is 15.7. The number of aliphatic hydroxyl groups is 3. The van der Waals surface area contributed by atoms with Gasteiger partial charge in [-0.1, -0.05) is 0 Å². The number of carbonyl (C=O) groups excluding carboxylic acids is 1. The van der Waals surface area contributed by atoms with Gasteiger partial charge >= 0.3 is 0 Å². The number of nitrogen functional groups attached to an aromatic ring is 1. The minimum atomic E-state index is -1.33. The molecular weight excluding hydrogens is 398 g/mol. The number of nitrogens with two attached hydrogens (primary N) is 1. The summed E-state index contributed by atoms with van der Waals surface area (Å²) in [6.07, 6.45) is 0.251. The van der Waals surface area contributed by atoms with E-state index in [0.717, 1.165) is 11.2 Å². The highest BCUT2D eigenvalue weighted by Crippen LogP contribution is 2.32. The zero-order valence-electron chi connectivity index (χ0n) is 15.7. The van der Waals surface area contributed by atoms with Gasteiger partial charge in [0.15, 0.2) is 17.7 Å². The lowest BCUT2D eigenvalue weighted by molar-refractivity contribution is -0.0511. The number of anilines is 1. The Hall–Kier alpha value is -3.46. The zero-order chi connectivity index (χ0) is 21.6. The summed E-state index contributed by atoms with van der Waals surface area (Å²) < 4.78 is 8.13. The average molecular weight is 417 g/mol. The monoisotopic (exact) mass is 417 g/mol. The molecule has 14 nitrogen and oxygen atoms in total. The summed E-state index contributed by atoms with van der Waals surface area (Å²) >= 11 is 0. The van der Waals surface area contributed by atoms with Crippen LogP contribution in [0.1, 0.15) is 16.6 Å². The largest absolute Gasteiger partial charge is 0.394 e. The van der Waals surface area contributed by atoms with Crippen molar-refractivity contribution in [2.24, 2.45) is 0 Å². The molecule has 3 aromatic heterocycles. The third-order valence-electron chi connectivity index (χ3n) is 4.78. The summed E-state index contributed by atoms with van der Waals surface area (Å²) in [7, 11) is 1.44. The fourth-order valence-corrected chi connectivity index (χ4v) is 3.13. The van der Waals surface area contributed by atoms with Gasteiger partial charge in [-0.15, -0.1) is 0 Å². The summed E-state index contributed by atoms with van der Waals surface area (Å²) in [6.45, 7) is -0.474. The van der Waals surface area contributed by atoms with Crippen molar-refractivity contribution in [1.29, 1.82) is 5.41 Å². The highest BCUT2D eigenvalue weighted by molar-refractivity contribution is 5.99. The van der Waals surface area contributed by atoms with E-state index in [1.54, 1.807) is 0 Å². The van der Waals surface area contributed by atoms with Crippen LogP contribution in [0.15, 0.2) is 18.7 Å². The summed E-state index contributed by atoms with van der Waals surface area (Å²) in [5.41, 5.74) is 6.64. The van der Waals surface area contributed by atoms with Crippen molar-refractivity contribution in [3.05, 3.63) is 24.3 Å². The molecule has 1 fully saturated rings. The van der Waals surface area contributed by atoms with Crippen LogP contribution in [0.3, 0.4) is 0 Å². The van der Waals surface area contributed by atoms with Gasteiger partial charge in [0, 0.05) is 13.2 Å². The quantitative estimate of drug-likeness (QED) is 0.226. The first kappa shape index (κ1) is 19.8. The van der Waals surface area contributed by atoms with E-state index in [9.17, 15) is 20.1 Å². The van der Waals surface area contributed by atoms with Crippen LogP contribution in [-0.4, -0.2) is 93.7 Å². The second-order valence-electron chi connectivity index (χ2n) is 6.68. The molecule has 4 heterocycles. The van der Waals surface area contributed by atoms with E-state index in [4.69, 9.17) is 15.9 Å². The minimum Gasteiger partial charge on any atom is -0.394 e. The lowest BCUT2D eigenvalue weighted by Crippen LogP contribution is -2.33. The molecule has 0 aromatic carbocycles. The van der Waals surface area contributed by atoms with Gasteiger partial charge in [0.2, 0.25) is 0 Å². The lowest BCUT2D eigenvalue weighted by Gasteiger charge is -2.16. The van der Waals surface area contributed by atoms with Gasteiger partial charge in [0.05, 0.1) is 31.0 Å². The molecule has 0 spiro atoms. The van der Waals surface area contributed by atoms with Gasteiger partial charge < -0.3 is 30.7 Å². The van der Waals surface area contributed by atoms with Crippen molar-refractivity contribution in [3.8, 4) is 5.95 Å². The molecule has 0 bridgehead atoms. The number of amides is 1. The molecule has 158 valence electrons. The summed E-state index contributed by atoms with van der Waals surface area (Å²) in [5, 5.41) is 40.8. The van der Waals surface area contributed by atoms with Crippen molar-refractivity contribution in [2.45, 2.75) is 24.5 Å². The summed E-state index contributed by atoms with van der Waals surface area (Å²) in [5.74, 6) is -0.382. The Morgan fingerprint density at radius 2 is 2.17 bits per heavy atom. The van der Waals surface area contributed by atoms with E-state index in [-0.39, 0.29) is 28.5 Å². The number of hydrogen-bond donors (Lipinski definition) is 5. The van der Waals surface area contributed by atoms with Crippen LogP contribution in [-0.2, 0) is 4.74 Å². The van der Waals surface area contributed by atoms with Gasteiger partial charge in [-0.2, -0.15) is 15.1 Å². The molecule has 0 unspecified atom stereocenters. The number of rotatable bonds is 5. The predicted octanol–water partition coefficient (Wildman–Crippen LogP) is -2.12. The van der Waals surface area contributed by atoms with Crippen LogP contribution in [0.5, 0.6) is 0 Å². The van der Waals surface area contributed by atoms with Crippen molar-refractivity contribution in [2.75, 3.05) is 19.4 Å². The Labute approximate surface area is 168 Å². The van der Waals surface area contributed by atoms with Crippen LogP contribution in [0.25, 0.3) is 17.1 Å². The maximum atomic E-state index is 12.2. The van der Waals surface area contributed by atoms with Crippen molar-refractivity contribution < 1.29 is 24.9 Å². The molecule has 14 heteroatoms. The maximum Gasteiger partial charge on any atom is 0.261 e. The van der Waals surface area contributed by atoms with Gasteiger partial charge in [-0.3, -0.25) is 14.8 Å². The van der Waals surface area contributed by atoms with E-state index < -0.39 is 37.1 Å². The number of ether oxygens (including phenoxy) is 1. The number of aliphatic hydroxyl groups excluding tert-OH is 3. The average Bonchev–Trinajstić information content (AvgIpc) is 3.46. The number of imidazole rings is 1. The number of nitrogens with one attached hydrogen (secondary N) is 1. The summed E-state index contributed by atoms with van der Waals surface area (Å²) in [6, 6.07) is 0. The first-order chi connectivity index (χ1) is 14.3. The van der Waals surface area contributed by atoms with Crippen LogP contribution in [0.4, 0.5) is 5.82 Å². The molecule has 4 rings (SSSR count). The molecule has 6 N–H and O–H groups in total. The van der Waals surface area contributed by atoms with Gasteiger partial charge in [0.1, 0.15) is 23.8 Å². The lowest BCUT2D eigenvalue weighted by atomic mass is 10.1. The van der Waals surface area contributed by atoms with E-state index in [2.05, 4.69) is 20.1 Å². The maximum absolute atomic E-state index is 12.2. The van der Waals surface area contributed by atoms with Crippen LogP contribution in [0.2, 0.25) is 0 Å². The summed E-state index contributed by atoms with van der Waals surface area (Å²) in [4.78, 5) is 25.9. The fraction of sp³-hybridized carbons (Fsp3) is 0.375. The highest BCUT2D eigenvalue weighted by Gasteiger charge is 2.44. The second kappa shape index (κ2) is 7.42. The van der Waals surface area contributed by atoms with Crippen molar-refractivity contribution in [1.82, 2.24) is 34.2 Å². The van der Waals surface area contributed by atoms with E-state index in [1.165, 1.54) is 35.0 Å². The standard InChI is InChI=1S/C16H19N9O5/c1-23(5-17)14(29)7-2-20-25(3-7)16-21-12(18)9-13(22-16)24(6-19-9)15-11(28)10(27)8(4-26)30-15/h2-3,5-6,8,10-11,15,17,26-28H,4H2,1H3,(H2,18,21,22)/t8-,10-,11-,15-/m1/s1. The van der Waals surface area contributed by atoms with Gasteiger partial charge in [-0.05, 0) is 0 Å². The molecule has 1 aliphatic rings. The van der Waals surface area contributed by atoms with E-state index in [1.807, 2.05) is 0 Å². The smallest absolute Gasteiger partial charge is 0.261 e. The molecule has 1 saturated heterocycles. The fourth-order valence-electron chi connectivity index (χ4n) is 3.13. The number of nitrogens with zero attached hydrogens (tertiary/aromatic N) is 7. The molecule has 0 radical (unpaired) electrons. The molecule has 4 atom stereocenters. The number of hydrogen-bond acceptors (Lipinski definition) is 11. The highest BCUT2D eigenvalue weighted by atomic mass is 16.6. The van der Waals surface area contributed by atoms with E-state index >= 15 is 0 Å². The predicted molar refractivity (Wildman–Crippen MR) is 101 cm³/mol. The van der Waals surface area contributed by atoms with E-state index in [0.29, 0.717) is 0 Å². The number of aromatic nitrogens is 6. The molecule has 1 amide bonds. The SMILES string of the molecule is CN(C=N)C(=O)c1cnn(-c2nc(N)c3ncn([C@@H]4O[C@H](CO)[C@@H](O)[C@H]4O)c3n2)c1. The third kappa shape index (κ3) is 3.07. The van der Waals surface area contributed by atoms with Gasteiger partial charge in [-0.25, -0.2) is 9.67 Å². The van der Waals surface area contributed by atoms with Crippen LogP contribution < -0.4 is 5.73 Å². The third-order valence-corrected chi connectivity index (χ3v) is 4.78. The first-order valence-corrected chi connectivity index (χ1v) is 8.81. The van der Waals surface area contributed by atoms with Crippen molar-refractivity contribution >= 4 is 29.2 Å². The topological polar surface area (TPSA) is 202 Å². The Morgan fingerprint density at radius 1 is 1.40 bits per heavy atom. The second-order valence-corrected chi connectivity index (χ2v) is 6.68. The Bertz CT molecular complexity index is 1110. The Morgan fingerprint density at radius 3 is 2.83 bits per heavy atom. The normalized spacial score (nSPS) is 23.7. The Kier molecular flexibility index (Phi) is 4.90. The molecule has 0 aliphatic carbocycles. The van der Waals surface area contributed by atoms with Crippen LogP contribution in [0, 0.1) is 5.41 Å². The molecule has 0 saturated carbocycles. The molecule has 3 aromatic rings.